The van der Waals surface area contributed by atoms with Crippen LogP contribution in [0.15, 0.2) is 18.2 Å². The van der Waals surface area contributed by atoms with E-state index in [0.717, 1.165) is 16.9 Å². The highest BCUT2D eigenvalue weighted by molar-refractivity contribution is 7.80. The predicted octanol–water partition coefficient (Wildman–Crippen LogP) is 1.64. The van der Waals surface area contributed by atoms with E-state index in [2.05, 4.69) is 0 Å². The molecule has 0 aliphatic heterocycles. The molecule has 0 aromatic heterocycles. The van der Waals surface area contributed by atoms with Crippen molar-refractivity contribution in [1.29, 1.82) is 0 Å². The van der Waals surface area contributed by atoms with Gasteiger partial charge in [0.15, 0.2) is 0 Å². The second-order valence-corrected chi connectivity index (χ2v) is 2.99. The number of methoxy groups -OCH3 is 1. The largest absolute Gasteiger partial charge is 0.496 e. The normalized spacial score (nSPS) is 9.50. The lowest BCUT2D eigenvalue weighted by atomic mass is 10.1. The number of hydrogen-bond acceptors (Lipinski definition) is 2. The van der Waals surface area contributed by atoms with Gasteiger partial charge in [-0.15, -0.1) is 0 Å². The van der Waals surface area contributed by atoms with Crippen LogP contribution in [0.5, 0.6) is 5.75 Å². The lowest BCUT2D eigenvalue weighted by Gasteiger charge is -2.05. The first kappa shape index (κ1) is 9.00. The van der Waals surface area contributed by atoms with Crippen molar-refractivity contribution in [3.05, 3.63) is 29.3 Å². The molecule has 0 saturated carbocycles. The fourth-order valence-electron chi connectivity index (χ4n) is 1.03. The summed E-state index contributed by atoms with van der Waals surface area (Å²) < 4.78 is 5.10. The smallest absolute Gasteiger partial charge is 0.121 e. The molecule has 0 radical (unpaired) electrons. The van der Waals surface area contributed by atoms with E-state index in [1.54, 1.807) is 7.11 Å². The summed E-state index contributed by atoms with van der Waals surface area (Å²) in [7, 11) is 1.64. The fraction of sp³-hybridized carbons (Fsp3) is 0.222. The van der Waals surface area contributed by atoms with Crippen LogP contribution < -0.4 is 10.5 Å². The predicted molar refractivity (Wildman–Crippen MR) is 53.6 cm³/mol. The van der Waals surface area contributed by atoms with E-state index in [4.69, 9.17) is 22.7 Å². The Labute approximate surface area is 77.3 Å². The third-order valence-electron chi connectivity index (χ3n) is 1.68. The molecule has 1 rings (SSSR count). The maximum atomic E-state index is 5.46. The van der Waals surface area contributed by atoms with Gasteiger partial charge >= 0.3 is 0 Å². The maximum Gasteiger partial charge on any atom is 0.121 e. The molecule has 0 heterocycles. The molecule has 0 bridgehead atoms. The molecule has 0 saturated heterocycles. The molecule has 0 aliphatic carbocycles. The zero-order valence-electron chi connectivity index (χ0n) is 7.13. The summed E-state index contributed by atoms with van der Waals surface area (Å²) in [5, 5.41) is 0. The molecule has 2 nitrogen and oxygen atoms in total. The van der Waals surface area contributed by atoms with E-state index in [1.165, 1.54) is 0 Å². The number of rotatable bonds is 2. The number of thiocarbonyl (C=S) groups is 1. The minimum absolute atomic E-state index is 0.417. The van der Waals surface area contributed by atoms with Gasteiger partial charge in [-0.05, 0) is 30.7 Å². The highest BCUT2D eigenvalue weighted by Gasteiger charge is 2.00. The van der Waals surface area contributed by atoms with Gasteiger partial charge in [0, 0.05) is 5.56 Å². The monoisotopic (exact) mass is 181 g/mol. The molecule has 64 valence electrons. The highest BCUT2D eigenvalue weighted by atomic mass is 32.1. The van der Waals surface area contributed by atoms with Crippen LogP contribution in [0.1, 0.15) is 11.1 Å². The van der Waals surface area contributed by atoms with Crippen LogP contribution in [0.4, 0.5) is 0 Å². The molecular formula is C9H11NOS. The van der Waals surface area contributed by atoms with Crippen molar-refractivity contribution in [1.82, 2.24) is 0 Å². The molecule has 12 heavy (non-hydrogen) atoms. The first-order valence-electron chi connectivity index (χ1n) is 3.59. The number of ether oxygens (including phenoxy) is 1. The van der Waals surface area contributed by atoms with Crippen LogP contribution >= 0.6 is 12.2 Å². The van der Waals surface area contributed by atoms with Gasteiger partial charge in [0.05, 0.1) is 7.11 Å². The third-order valence-corrected chi connectivity index (χ3v) is 1.92. The van der Waals surface area contributed by atoms with Crippen molar-refractivity contribution < 1.29 is 4.74 Å². The summed E-state index contributed by atoms with van der Waals surface area (Å²) in [4.78, 5) is 0.417. The Balaban J connectivity index is 3.10. The Bertz CT molecular complexity index is 309. The van der Waals surface area contributed by atoms with Crippen molar-refractivity contribution in [2.24, 2.45) is 5.73 Å². The van der Waals surface area contributed by atoms with Gasteiger partial charge < -0.3 is 10.5 Å². The highest BCUT2D eigenvalue weighted by Crippen LogP contribution is 2.18. The van der Waals surface area contributed by atoms with Gasteiger partial charge in [0.2, 0.25) is 0 Å². The lowest BCUT2D eigenvalue weighted by molar-refractivity contribution is 0.411. The first-order valence-corrected chi connectivity index (χ1v) is 4.00. The molecule has 1 aromatic carbocycles. The van der Waals surface area contributed by atoms with Crippen molar-refractivity contribution in [2.45, 2.75) is 6.92 Å². The van der Waals surface area contributed by atoms with E-state index in [1.807, 2.05) is 25.1 Å². The Morgan fingerprint density at radius 3 is 2.58 bits per heavy atom. The van der Waals surface area contributed by atoms with E-state index in [9.17, 15) is 0 Å². The van der Waals surface area contributed by atoms with Crippen molar-refractivity contribution >= 4 is 17.2 Å². The maximum absolute atomic E-state index is 5.46. The topological polar surface area (TPSA) is 35.2 Å². The molecule has 0 aliphatic rings. The van der Waals surface area contributed by atoms with Gasteiger partial charge in [-0.25, -0.2) is 0 Å². The number of hydrogen-bond donors (Lipinski definition) is 1. The van der Waals surface area contributed by atoms with E-state index in [-0.39, 0.29) is 0 Å². The molecule has 2 N–H and O–H groups in total. The Hall–Kier alpha value is -1.09. The van der Waals surface area contributed by atoms with Crippen LogP contribution in [-0.4, -0.2) is 12.1 Å². The second-order valence-electron chi connectivity index (χ2n) is 2.55. The summed E-state index contributed by atoms with van der Waals surface area (Å²) in [5.74, 6) is 0.856. The number of aryl methyl sites for hydroxylation is 1. The Morgan fingerprint density at radius 2 is 2.17 bits per heavy atom. The van der Waals surface area contributed by atoms with E-state index < -0.39 is 0 Å². The van der Waals surface area contributed by atoms with Crippen LogP contribution in [0.3, 0.4) is 0 Å². The van der Waals surface area contributed by atoms with Gasteiger partial charge in [-0.2, -0.15) is 0 Å². The Kier molecular flexibility index (Phi) is 2.65. The van der Waals surface area contributed by atoms with Crippen LogP contribution in [-0.2, 0) is 0 Å². The van der Waals surface area contributed by atoms with Crippen LogP contribution in [0, 0.1) is 6.92 Å². The quantitative estimate of drug-likeness (QED) is 0.704. The summed E-state index contributed by atoms with van der Waals surface area (Å²) in [5.41, 5.74) is 7.39. The summed E-state index contributed by atoms with van der Waals surface area (Å²) >= 11 is 4.84. The van der Waals surface area contributed by atoms with Crippen molar-refractivity contribution in [3.8, 4) is 5.75 Å². The van der Waals surface area contributed by atoms with Gasteiger partial charge in [-0.3, -0.25) is 0 Å². The van der Waals surface area contributed by atoms with Crippen molar-refractivity contribution in [3.63, 3.8) is 0 Å². The van der Waals surface area contributed by atoms with Crippen LogP contribution in [0.2, 0.25) is 0 Å². The summed E-state index contributed by atoms with van der Waals surface area (Å²) in [6.45, 7) is 1.96. The molecule has 0 spiro atoms. The number of benzene rings is 1. The minimum Gasteiger partial charge on any atom is -0.496 e. The molecule has 1 aromatic rings. The van der Waals surface area contributed by atoms with Crippen molar-refractivity contribution in [2.75, 3.05) is 7.11 Å². The molecule has 0 unspecified atom stereocenters. The standard InChI is InChI=1S/C9H11NOS/c1-6-5-7(9(10)12)3-4-8(6)11-2/h3-5H,1-2H3,(H2,10,12). The second kappa shape index (κ2) is 3.54. The molecule has 0 atom stereocenters. The Morgan fingerprint density at radius 1 is 1.50 bits per heavy atom. The molecule has 3 heteroatoms. The summed E-state index contributed by atoms with van der Waals surface area (Å²) in [6, 6.07) is 5.64. The van der Waals surface area contributed by atoms with Gasteiger partial charge in [0.25, 0.3) is 0 Å². The zero-order chi connectivity index (χ0) is 9.14. The molecule has 0 amide bonds. The average Bonchev–Trinajstić information content (AvgIpc) is 2.04. The SMILES string of the molecule is COc1ccc(C(N)=S)cc1C. The minimum atomic E-state index is 0.417. The zero-order valence-corrected chi connectivity index (χ0v) is 7.94. The fourth-order valence-corrected chi connectivity index (χ4v) is 1.16. The molecule has 0 fully saturated rings. The first-order chi connectivity index (χ1) is 5.65. The van der Waals surface area contributed by atoms with E-state index >= 15 is 0 Å². The van der Waals surface area contributed by atoms with Gasteiger partial charge in [-0.1, -0.05) is 12.2 Å². The molecular weight excluding hydrogens is 170 g/mol. The lowest BCUT2D eigenvalue weighted by Crippen LogP contribution is -2.09. The van der Waals surface area contributed by atoms with Gasteiger partial charge in [0.1, 0.15) is 10.7 Å². The summed E-state index contributed by atoms with van der Waals surface area (Å²) in [6.07, 6.45) is 0. The third kappa shape index (κ3) is 1.74. The average molecular weight is 181 g/mol. The van der Waals surface area contributed by atoms with E-state index in [0.29, 0.717) is 4.99 Å². The van der Waals surface area contributed by atoms with Crippen LogP contribution in [0.25, 0.3) is 0 Å². The number of nitrogens with two attached hydrogens (primary N) is 1.